The van der Waals surface area contributed by atoms with Gasteiger partial charge in [0.1, 0.15) is 0 Å². The summed E-state index contributed by atoms with van der Waals surface area (Å²) in [5.74, 6) is -0.397. The first-order chi connectivity index (χ1) is 11.3. The fourth-order valence-electron chi connectivity index (χ4n) is 2.19. The number of ether oxygens (including phenoxy) is 1. The number of benzene rings is 2. The van der Waals surface area contributed by atoms with E-state index in [0.29, 0.717) is 14.5 Å². The Bertz CT molecular complexity index is 843. The molecule has 130 valence electrons. The van der Waals surface area contributed by atoms with Gasteiger partial charge in [-0.1, -0.05) is 28.9 Å². The van der Waals surface area contributed by atoms with Crippen LogP contribution in [0.25, 0.3) is 0 Å². The van der Waals surface area contributed by atoms with Gasteiger partial charge < -0.3 is 4.74 Å². The maximum Gasteiger partial charge on any atom is 0.244 e. The second kappa shape index (κ2) is 7.95. The van der Waals surface area contributed by atoms with Crippen LogP contribution in [0.4, 0.5) is 4.39 Å². The average Bonchev–Trinajstić information content (AvgIpc) is 2.54. The molecule has 2 aromatic rings. The fraction of sp³-hybridized carbons (Fsp3) is 0.250. The van der Waals surface area contributed by atoms with Gasteiger partial charge in [-0.25, -0.2) is 12.8 Å². The third kappa shape index (κ3) is 4.17. The van der Waals surface area contributed by atoms with Crippen molar-refractivity contribution in [1.29, 1.82) is 0 Å². The lowest BCUT2D eigenvalue weighted by atomic mass is 10.2. The van der Waals surface area contributed by atoms with Gasteiger partial charge in [-0.3, -0.25) is 0 Å². The summed E-state index contributed by atoms with van der Waals surface area (Å²) in [7, 11) is -2.35. The van der Waals surface area contributed by atoms with Crippen LogP contribution in [-0.4, -0.2) is 26.4 Å². The summed E-state index contributed by atoms with van der Waals surface area (Å²) in [4.78, 5) is 0.160. The lowest BCUT2D eigenvalue weighted by molar-refractivity contribution is 0.384. The van der Waals surface area contributed by atoms with Crippen molar-refractivity contribution >= 4 is 41.9 Å². The first kappa shape index (κ1) is 19.4. The van der Waals surface area contributed by atoms with Crippen molar-refractivity contribution < 1.29 is 17.5 Å². The Morgan fingerprint density at radius 3 is 2.46 bits per heavy atom. The van der Waals surface area contributed by atoms with E-state index in [1.165, 1.54) is 29.6 Å². The van der Waals surface area contributed by atoms with Crippen LogP contribution in [-0.2, 0) is 16.6 Å². The molecular formula is C16H16Br2FNO3S. The number of sulfonamides is 1. The number of methoxy groups -OCH3 is 1. The van der Waals surface area contributed by atoms with Crippen LogP contribution in [0.3, 0.4) is 0 Å². The van der Waals surface area contributed by atoms with Gasteiger partial charge in [0, 0.05) is 22.0 Å². The molecule has 0 aliphatic carbocycles. The number of nitrogens with zero attached hydrogens (tertiary/aromatic N) is 1. The summed E-state index contributed by atoms with van der Waals surface area (Å²) in [6, 6.07) is 9.37. The molecule has 0 N–H and O–H groups in total. The minimum Gasteiger partial charge on any atom is -0.494 e. The van der Waals surface area contributed by atoms with Crippen molar-refractivity contribution in [1.82, 2.24) is 4.31 Å². The van der Waals surface area contributed by atoms with Crippen molar-refractivity contribution in [3.63, 3.8) is 0 Å². The van der Waals surface area contributed by atoms with Gasteiger partial charge in [-0.15, -0.1) is 0 Å². The van der Waals surface area contributed by atoms with Crippen molar-refractivity contribution in [2.75, 3.05) is 13.7 Å². The highest BCUT2D eigenvalue weighted by molar-refractivity contribution is 9.11. The van der Waals surface area contributed by atoms with Gasteiger partial charge >= 0.3 is 0 Å². The largest absolute Gasteiger partial charge is 0.494 e. The van der Waals surface area contributed by atoms with Crippen LogP contribution in [0.5, 0.6) is 5.75 Å². The standard InChI is InChI=1S/C16H16Br2FNO3S/c1-3-20(10-11-4-7-15(23-2)14(19)8-11)24(21,22)16-9-12(17)5-6-13(16)18/h4-9H,3,10H2,1-2H3. The Morgan fingerprint density at radius 1 is 1.17 bits per heavy atom. The zero-order valence-corrected chi connectivity index (χ0v) is 17.1. The summed E-state index contributed by atoms with van der Waals surface area (Å²) in [5, 5.41) is 0. The van der Waals surface area contributed by atoms with Crippen LogP contribution in [0.2, 0.25) is 0 Å². The predicted molar refractivity (Wildman–Crippen MR) is 98.1 cm³/mol. The zero-order valence-electron chi connectivity index (χ0n) is 13.1. The second-order valence-electron chi connectivity index (χ2n) is 4.97. The number of rotatable bonds is 6. The molecule has 0 bridgehead atoms. The topological polar surface area (TPSA) is 46.6 Å². The van der Waals surface area contributed by atoms with E-state index in [1.807, 2.05) is 0 Å². The smallest absolute Gasteiger partial charge is 0.244 e. The molecule has 0 radical (unpaired) electrons. The molecule has 0 saturated heterocycles. The fourth-order valence-corrected chi connectivity index (χ4v) is 5.09. The van der Waals surface area contributed by atoms with E-state index in [4.69, 9.17) is 4.74 Å². The molecule has 0 saturated carbocycles. The van der Waals surface area contributed by atoms with Gasteiger partial charge in [0.15, 0.2) is 11.6 Å². The lowest BCUT2D eigenvalue weighted by Gasteiger charge is -2.21. The molecule has 2 rings (SSSR count). The van der Waals surface area contributed by atoms with E-state index in [1.54, 1.807) is 25.1 Å². The Kier molecular flexibility index (Phi) is 6.41. The van der Waals surface area contributed by atoms with Crippen molar-refractivity contribution in [3.05, 3.63) is 56.7 Å². The molecule has 0 aliphatic rings. The van der Waals surface area contributed by atoms with Crippen LogP contribution in [0, 0.1) is 5.82 Å². The van der Waals surface area contributed by atoms with Crippen LogP contribution in [0.15, 0.2) is 50.2 Å². The summed E-state index contributed by atoms with van der Waals surface area (Å²) in [6.45, 7) is 2.07. The van der Waals surface area contributed by atoms with Crippen molar-refractivity contribution in [2.45, 2.75) is 18.4 Å². The van der Waals surface area contributed by atoms with E-state index in [9.17, 15) is 12.8 Å². The molecule has 8 heteroatoms. The van der Waals surface area contributed by atoms with Crippen molar-refractivity contribution in [3.8, 4) is 5.75 Å². The monoisotopic (exact) mass is 479 g/mol. The SMILES string of the molecule is CCN(Cc1ccc(OC)c(F)c1)S(=O)(=O)c1cc(Br)ccc1Br. The molecule has 4 nitrogen and oxygen atoms in total. The molecular weight excluding hydrogens is 465 g/mol. The van der Waals surface area contributed by atoms with Gasteiger partial charge in [-0.2, -0.15) is 4.31 Å². The molecule has 0 aromatic heterocycles. The Labute approximate surface area is 157 Å². The minimum atomic E-state index is -3.73. The summed E-state index contributed by atoms with van der Waals surface area (Å²) >= 11 is 6.56. The highest BCUT2D eigenvalue weighted by Crippen LogP contribution is 2.29. The van der Waals surface area contributed by atoms with Gasteiger partial charge in [0.2, 0.25) is 10.0 Å². The Hall–Kier alpha value is -0.960. The highest BCUT2D eigenvalue weighted by Gasteiger charge is 2.26. The minimum absolute atomic E-state index is 0.0682. The van der Waals surface area contributed by atoms with Gasteiger partial charge in [0.05, 0.1) is 12.0 Å². The molecule has 0 heterocycles. The highest BCUT2D eigenvalue weighted by atomic mass is 79.9. The molecule has 0 unspecified atom stereocenters. The molecule has 24 heavy (non-hydrogen) atoms. The maximum absolute atomic E-state index is 13.8. The van der Waals surface area contributed by atoms with E-state index in [2.05, 4.69) is 31.9 Å². The maximum atomic E-state index is 13.8. The van der Waals surface area contributed by atoms with Gasteiger partial charge in [0.25, 0.3) is 0 Å². The van der Waals surface area contributed by atoms with Crippen molar-refractivity contribution in [2.24, 2.45) is 0 Å². The normalized spacial score (nSPS) is 11.8. The molecule has 0 spiro atoms. The predicted octanol–water partition coefficient (Wildman–Crippen LogP) is 4.57. The molecule has 0 atom stereocenters. The van der Waals surface area contributed by atoms with E-state index >= 15 is 0 Å². The summed E-state index contributed by atoms with van der Waals surface area (Å²) < 4.78 is 47.0. The first-order valence-corrected chi connectivity index (χ1v) is 10.1. The van der Waals surface area contributed by atoms with E-state index in [0.717, 1.165) is 0 Å². The number of halogens is 3. The molecule has 2 aromatic carbocycles. The lowest BCUT2D eigenvalue weighted by Crippen LogP contribution is -2.30. The molecule has 0 aliphatic heterocycles. The summed E-state index contributed by atoms with van der Waals surface area (Å²) in [6.07, 6.45) is 0. The number of hydrogen-bond acceptors (Lipinski definition) is 3. The average molecular weight is 481 g/mol. The second-order valence-corrected chi connectivity index (χ2v) is 8.65. The van der Waals surface area contributed by atoms with E-state index < -0.39 is 15.8 Å². The van der Waals surface area contributed by atoms with Crippen LogP contribution in [0.1, 0.15) is 12.5 Å². The quantitative estimate of drug-likeness (QED) is 0.608. The Balaban J connectivity index is 2.36. The van der Waals surface area contributed by atoms with E-state index in [-0.39, 0.29) is 23.7 Å². The third-order valence-corrected chi connectivity index (χ3v) is 6.85. The Morgan fingerprint density at radius 2 is 1.88 bits per heavy atom. The first-order valence-electron chi connectivity index (χ1n) is 7.07. The molecule has 0 fully saturated rings. The van der Waals surface area contributed by atoms with Gasteiger partial charge in [-0.05, 0) is 51.8 Å². The van der Waals surface area contributed by atoms with Crippen LogP contribution < -0.4 is 4.74 Å². The molecule has 0 amide bonds. The number of hydrogen-bond donors (Lipinski definition) is 0. The summed E-state index contributed by atoms with van der Waals surface area (Å²) in [5.41, 5.74) is 0.546. The third-order valence-electron chi connectivity index (χ3n) is 3.44. The van der Waals surface area contributed by atoms with Crippen LogP contribution >= 0.6 is 31.9 Å². The zero-order chi connectivity index (χ0) is 17.9.